The van der Waals surface area contributed by atoms with Crippen molar-refractivity contribution in [2.45, 2.75) is 61.2 Å². The zero-order chi connectivity index (χ0) is 33.0. The van der Waals surface area contributed by atoms with Crippen molar-refractivity contribution in [1.29, 1.82) is 0 Å². The van der Waals surface area contributed by atoms with Crippen LogP contribution < -0.4 is 9.47 Å². The van der Waals surface area contributed by atoms with Crippen molar-refractivity contribution in [3.05, 3.63) is 48.5 Å². The number of ether oxygens (including phenoxy) is 2. The van der Waals surface area contributed by atoms with Gasteiger partial charge in [-0.15, -0.1) is 0 Å². The normalized spacial score (nSPS) is 12.6. The van der Waals surface area contributed by atoms with Gasteiger partial charge >= 0.3 is 11.9 Å². The minimum Gasteiger partial charge on any atom is -0.744 e. The minimum absolute atomic E-state index is 0.197. The number of nitrogens with zero attached hydrogens (tertiary/aromatic N) is 2. The Morgan fingerprint density at radius 2 is 0.841 bits per heavy atom. The zero-order valence-electron chi connectivity index (χ0n) is 25.9. The molecule has 2 aromatic rings. The second kappa shape index (κ2) is 16.4. The van der Waals surface area contributed by atoms with Gasteiger partial charge in [-0.25, -0.2) is 16.8 Å². The van der Waals surface area contributed by atoms with E-state index in [1.54, 1.807) is 0 Å². The number of esters is 2. The van der Waals surface area contributed by atoms with Gasteiger partial charge in [0.2, 0.25) is 0 Å². The van der Waals surface area contributed by atoms with Crippen molar-refractivity contribution in [3.8, 4) is 11.5 Å². The molecule has 0 atom stereocenters. The Bertz CT molecular complexity index is 1330. The molecule has 0 unspecified atom stereocenters. The predicted molar refractivity (Wildman–Crippen MR) is 161 cm³/mol. The number of carbonyl (C=O) groups excluding carboxylic acids is 2. The molecule has 2 aromatic carbocycles. The molecule has 0 spiro atoms. The number of quaternary nitrogens is 2. The first-order valence-electron chi connectivity index (χ1n) is 14.5. The largest absolute Gasteiger partial charge is 0.744 e. The van der Waals surface area contributed by atoms with Crippen molar-refractivity contribution >= 4 is 32.2 Å². The molecule has 0 bridgehead atoms. The van der Waals surface area contributed by atoms with Crippen molar-refractivity contribution in [2.24, 2.45) is 0 Å². The quantitative estimate of drug-likeness (QED) is 0.0720. The van der Waals surface area contributed by atoms with E-state index in [-0.39, 0.29) is 34.1 Å². The molecule has 0 amide bonds. The SMILES string of the molecule is C[N+](C)(CCCCCC[N+](C)(C)CCCC(=O)Oc1ccc(S(=O)(=O)[O-])cc1)CCCC(=O)Oc1ccc(S(=O)(=O)[O-])cc1. The van der Waals surface area contributed by atoms with Gasteiger partial charge in [-0.1, -0.05) is 0 Å². The first-order valence-corrected chi connectivity index (χ1v) is 17.4. The highest BCUT2D eigenvalue weighted by molar-refractivity contribution is 7.86. The lowest BCUT2D eigenvalue weighted by Gasteiger charge is -2.30. The van der Waals surface area contributed by atoms with Crippen LogP contribution in [0.2, 0.25) is 0 Å². The van der Waals surface area contributed by atoms with Gasteiger partial charge in [0, 0.05) is 12.8 Å². The highest BCUT2D eigenvalue weighted by Gasteiger charge is 2.18. The topological polar surface area (TPSA) is 167 Å². The third-order valence-corrected chi connectivity index (χ3v) is 8.95. The third-order valence-electron chi connectivity index (χ3n) is 7.25. The molecule has 0 saturated heterocycles. The van der Waals surface area contributed by atoms with E-state index in [0.717, 1.165) is 85.1 Å². The van der Waals surface area contributed by atoms with Crippen LogP contribution in [-0.2, 0) is 29.8 Å². The lowest BCUT2D eigenvalue weighted by molar-refractivity contribution is -0.891. The zero-order valence-corrected chi connectivity index (χ0v) is 27.5. The molecule has 14 heteroatoms. The molecule has 0 radical (unpaired) electrons. The first kappa shape index (κ1) is 37.3. The second-order valence-electron chi connectivity index (χ2n) is 12.2. The van der Waals surface area contributed by atoms with Crippen LogP contribution in [0.3, 0.4) is 0 Å². The summed E-state index contributed by atoms with van der Waals surface area (Å²) in [5.41, 5.74) is 0. The Kier molecular flexibility index (Phi) is 13.9. The Morgan fingerprint density at radius 3 is 1.14 bits per heavy atom. The number of hydrogen-bond donors (Lipinski definition) is 0. The molecule has 0 fully saturated rings. The van der Waals surface area contributed by atoms with E-state index in [2.05, 4.69) is 28.2 Å². The van der Waals surface area contributed by atoms with Crippen LogP contribution in [-0.4, -0.2) is 101 Å². The molecule has 0 N–H and O–H groups in total. The fraction of sp³-hybridized carbons (Fsp3) is 0.533. The lowest BCUT2D eigenvalue weighted by atomic mass is 10.1. The fourth-order valence-electron chi connectivity index (χ4n) is 4.67. The maximum absolute atomic E-state index is 12.1. The summed E-state index contributed by atoms with van der Waals surface area (Å²) in [5.74, 6) is -0.427. The van der Waals surface area contributed by atoms with E-state index in [0.29, 0.717) is 12.8 Å². The molecule has 0 heterocycles. The van der Waals surface area contributed by atoms with Crippen LogP contribution in [0, 0.1) is 0 Å². The molecular formula is C30H44N2O10S2. The summed E-state index contributed by atoms with van der Waals surface area (Å²) in [6, 6.07) is 9.63. The van der Waals surface area contributed by atoms with E-state index in [9.17, 15) is 35.5 Å². The molecule has 246 valence electrons. The van der Waals surface area contributed by atoms with E-state index >= 15 is 0 Å². The van der Waals surface area contributed by atoms with Gasteiger partial charge in [-0.2, -0.15) is 0 Å². The number of hydrogen-bond acceptors (Lipinski definition) is 10. The third kappa shape index (κ3) is 14.7. The summed E-state index contributed by atoms with van der Waals surface area (Å²) < 4.78 is 78.0. The van der Waals surface area contributed by atoms with Crippen LogP contribution in [0.1, 0.15) is 51.4 Å². The van der Waals surface area contributed by atoms with Gasteiger partial charge in [-0.05, 0) is 74.2 Å². The average molecular weight is 657 g/mol. The average Bonchev–Trinajstić information content (AvgIpc) is 2.90. The predicted octanol–water partition coefficient (Wildman–Crippen LogP) is 3.28. The Hall–Kier alpha value is -2.88. The monoisotopic (exact) mass is 656 g/mol. The highest BCUT2D eigenvalue weighted by atomic mass is 32.2. The van der Waals surface area contributed by atoms with Crippen molar-refractivity contribution in [3.63, 3.8) is 0 Å². The number of benzene rings is 2. The summed E-state index contributed by atoms with van der Waals surface area (Å²) in [7, 11) is -0.566. The molecule has 2 rings (SSSR count). The molecule has 44 heavy (non-hydrogen) atoms. The van der Waals surface area contributed by atoms with Gasteiger partial charge in [0.15, 0.2) is 0 Å². The molecule has 0 aliphatic carbocycles. The molecular weight excluding hydrogens is 612 g/mol. The molecule has 0 saturated carbocycles. The van der Waals surface area contributed by atoms with Gasteiger partial charge in [0.25, 0.3) is 0 Å². The summed E-state index contributed by atoms with van der Waals surface area (Å²) in [6.07, 6.45) is 6.08. The second-order valence-corrected chi connectivity index (χ2v) is 14.9. The summed E-state index contributed by atoms with van der Waals surface area (Å²) in [4.78, 5) is 23.5. The van der Waals surface area contributed by atoms with Crippen molar-refractivity contribution in [1.82, 2.24) is 0 Å². The Morgan fingerprint density at radius 1 is 0.545 bits per heavy atom. The Labute approximate surface area is 261 Å². The summed E-state index contributed by atoms with van der Waals surface area (Å²) in [5, 5.41) is 0. The highest BCUT2D eigenvalue weighted by Crippen LogP contribution is 2.18. The molecule has 12 nitrogen and oxygen atoms in total. The van der Waals surface area contributed by atoms with Crippen LogP contribution in [0.25, 0.3) is 0 Å². The van der Waals surface area contributed by atoms with E-state index in [1.165, 1.54) is 24.3 Å². The molecule has 0 aliphatic rings. The van der Waals surface area contributed by atoms with Crippen LogP contribution >= 0.6 is 0 Å². The maximum Gasteiger partial charge on any atom is 0.311 e. The summed E-state index contributed by atoms with van der Waals surface area (Å²) >= 11 is 0. The fourth-order valence-corrected chi connectivity index (χ4v) is 5.61. The first-order chi connectivity index (χ1) is 20.4. The van der Waals surface area contributed by atoms with E-state index in [4.69, 9.17) is 9.47 Å². The van der Waals surface area contributed by atoms with Gasteiger partial charge < -0.3 is 27.5 Å². The van der Waals surface area contributed by atoms with E-state index in [1.807, 2.05) is 0 Å². The molecule has 0 aromatic heterocycles. The van der Waals surface area contributed by atoms with Gasteiger partial charge in [0.05, 0.1) is 77.0 Å². The van der Waals surface area contributed by atoms with Gasteiger partial charge in [0.1, 0.15) is 31.7 Å². The maximum atomic E-state index is 12.1. The molecule has 0 aliphatic heterocycles. The number of carbonyl (C=O) groups is 2. The Balaban J connectivity index is 1.56. The smallest absolute Gasteiger partial charge is 0.311 e. The number of unbranched alkanes of at least 4 members (excludes halogenated alkanes) is 3. The standard InChI is InChI=1S/C30H44N2O10S2/c1-31(2,23-9-11-29(33)41-25-13-17-27(18-14-25)43(35,36)37)21-7-5-6-8-22-32(3,4)24-10-12-30(34)42-26-15-19-28(20-16-26)44(38,39)40/h13-20H,5-12,21-24H2,1-4H3. The summed E-state index contributed by atoms with van der Waals surface area (Å²) in [6.45, 7) is 3.58. The van der Waals surface area contributed by atoms with Crippen LogP contribution in [0.5, 0.6) is 11.5 Å². The lowest BCUT2D eigenvalue weighted by Crippen LogP contribution is -2.42. The van der Waals surface area contributed by atoms with Crippen LogP contribution in [0.4, 0.5) is 0 Å². The van der Waals surface area contributed by atoms with Crippen molar-refractivity contribution < 1.29 is 54.0 Å². The van der Waals surface area contributed by atoms with Crippen LogP contribution in [0.15, 0.2) is 58.3 Å². The van der Waals surface area contributed by atoms with Gasteiger partial charge in [-0.3, -0.25) is 9.59 Å². The van der Waals surface area contributed by atoms with Crippen molar-refractivity contribution in [2.75, 3.05) is 54.4 Å². The minimum atomic E-state index is -4.54. The number of rotatable bonds is 19. The van der Waals surface area contributed by atoms with E-state index < -0.39 is 32.2 Å².